The third-order valence-electron chi connectivity index (χ3n) is 3.92. The molecule has 0 amide bonds. The van der Waals surface area contributed by atoms with Gasteiger partial charge in [-0.25, -0.2) is 0 Å². The minimum absolute atomic E-state index is 0.0679. The Morgan fingerprint density at radius 3 is 2.16 bits per heavy atom. The highest BCUT2D eigenvalue weighted by Gasteiger charge is 2.27. The van der Waals surface area contributed by atoms with E-state index >= 15 is 0 Å². The van der Waals surface area contributed by atoms with E-state index in [1.165, 1.54) is 16.3 Å². The maximum absolute atomic E-state index is 11.6. The van der Waals surface area contributed by atoms with Crippen LogP contribution in [0.25, 0.3) is 10.8 Å². The molecule has 1 saturated carbocycles. The minimum atomic E-state index is 0.0679. The molecule has 0 unspecified atom stereocenters. The van der Waals surface area contributed by atoms with Gasteiger partial charge in [0.25, 0.3) is 0 Å². The minimum Gasteiger partial charge on any atom is -0.299 e. The smallest absolute Gasteiger partial charge is 0.140 e. The van der Waals surface area contributed by atoms with E-state index in [-0.39, 0.29) is 23.9 Å². The Morgan fingerprint density at radius 2 is 1.53 bits per heavy atom. The highest BCUT2D eigenvalue weighted by atomic mass is 16.1. The van der Waals surface area contributed by atoms with Crippen molar-refractivity contribution in [2.45, 2.75) is 32.1 Å². The van der Waals surface area contributed by atoms with Gasteiger partial charge in [0.1, 0.15) is 11.6 Å². The predicted octanol–water partition coefficient (Wildman–Crippen LogP) is 3.55. The molecule has 96 valence electrons. The standard InChI is InChI=1S/C17H16O2/c1-11-6-12-4-2-3-5-13(12)9-17(11)14-7-15(18)10-16(19)8-14/h2-6,9,14H,7-8,10H2,1H3. The van der Waals surface area contributed by atoms with Crippen molar-refractivity contribution >= 4 is 22.3 Å². The molecule has 0 radical (unpaired) electrons. The van der Waals surface area contributed by atoms with Gasteiger partial charge in [0.05, 0.1) is 6.42 Å². The summed E-state index contributed by atoms with van der Waals surface area (Å²) < 4.78 is 0. The molecule has 0 N–H and O–H groups in total. The van der Waals surface area contributed by atoms with Crippen LogP contribution in [0.3, 0.4) is 0 Å². The summed E-state index contributed by atoms with van der Waals surface area (Å²) in [5, 5.41) is 2.38. The highest BCUT2D eigenvalue weighted by Crippen LogP contribution is 2.33. The second-order valence-corrected chi connectivity index (χ2v) is 5.42. The monoisotopic (exact) mass is 252 g/mol. The van der Waals surface area contributed by atoms with Crippen molar-refractivity contribution in [2.75, 3.05) is 0 Å². The maximum atomic E-state index is 11.6. The Bertz CT molecular complexity index is 654. The molecule has 2 nitrogen and oxygen atoms in total. The molecule has 0 bridgehead atoms. The van der Waals surface area contributed by atoms with E-state index < -0.39 is 0 Å². The van der Waals surface area contributed by atoms with Crippen molar-refractivity contribution in [2.24, 2.45) is 0 Å². The molecule has 1 aliphatic carbocycles. The molecule has 0 aromatic heterocycles. The summed E-state index contributed by atoms with van der Waals surface area (Å²) >= 11 is 0. The first kappa shape index (κ1) is 12.1. The van der Waals surface area contributed by atoms with Crippen molar-refractivity contribution in [3.8, 4) is 0 Å². The summed E-state index contributed by atoms with van der Waals surface area (Å²) in [7, 11) is 0. The van der Waals surface area contributed by atoms with Crippen LogP contribution in [0.5, 0.6) is 0 Å². The summed E-state index contributed by atoms with van der Waals surface area (Å²) in [6, 6.07) is 12.5. The van der Waals surface area contributed by atoms with Crippen LogP contribution < -0.4 is 0 Å². The number of carbonyl (C=O) groups is 2. The van der Waals surface area contributed by atoms with Gasteiger partial charge in [-0.1, -0.05) is 36.4 Å². The van der Waals surface area contributed by atoms with Crippen LogP contribution in [0.15, 0.2) is 36.4 Å². The molecular weight excluding hydrogens is 236 g/mol. The van der Waals surface area contributed by atoms with E-state index in [1.807, 2.05) is 12.1 Å². The summed E-state index contributed by atoms with van der Waals surface area (Å²) in [5.74, 6) is 0.223. The van der Waals surface area contributed by atoms with E-state index in [9.17, 15) is 9.59 Å². The van der Waals surface area contributed by atoms with Gasteiger partial charge >= 0.3 is 0 Å². The number of rotatable bonds is 1. The van der Waals surface area contributed by atoms with Gasteiger partial charge in [-0.3, -0.25) is 9.59 Å². The number of hydrogen-bond acceptors (Lipinski definition) is 2. The van der Waals surface area contributed by atoms with Crippen LogP contribution in [0.1, 0.15) is 36.3 Å². The normalized spacial score (nSPS) is 17.1. The lowest BCUT2D eigenvalue weighted by atomic mass is 9.80. The van der Waals surface area contributed by atoms with E-state index in [2.05, 4.69) is 31.2 Å². The molecule has 0 atom stereocenters. The van der Waals surface area contributed by atoms with Gasteiger partial charge < -0.3 is 0 Å². The van der Waals surface area contributed by atoms with Gasteiger partial charge in [-0.05, 0) is 34.7 Å². The molecule has 0 spiro atoms. The van der Waals surface area contributed by atoms with Crippen molar-refractivity contribution in [3.05, 3.63) is 47.5 Å². The van der Waals surface area contributed by atoms with Gasteiger partial charge in [-0.2, -0.15) is 0 Å². The zero-order valence-corrected chi connectivity index (χ0v) is 11.0. The average molecular weight is 252 g/mol. The molecule has 1 aliphatic rings. The van der Waals surface area contributed by atoms with Crippen LogP contribution in [-0.2, 0) is 9.59 Å². The van der Waals surface area contributed by atoms with E-state index in [4.69, 9.17) is 0 Å². The predicted molar refractivity (Wildman–Crippen MR) is 75.3 cm³/mol. The molecule has 0 heterocycles. The topological polar surface area (TPSA) is 34.1 Å². The van der Waals surface area contributed by atoms with Crippen molar-refractivity contribution in [3.63, 3.8) is 0 Å². The second-order valence-electron chi connectivity index (χ2n) is 5.42. The Hall–Kier alpha value is -1.96. The molecule has 1 fully saturated rings. The lowest BCUT2D eigenvalue weighted by Crippen LogP contribution is -2.21. The molecular formula is C17H16O2. The van der Waals surface area contributed by atoms with Gasteiger partial charge in [-0.15, -0.1) is 0 Å². The highest BCUT2D eigenvalue weighted by molar-refractivity contribution is 6.02. The third kappa shape index (κ3) is 2.30. The molecule has 2 aromatic carbocycles. The SMILES string of the molecule is Cc1cc2ccccc2cc1C1CC(=O)CC(=O)C1. The summed E-state index contributed by atoms with van der Waals surface area (Å²) in [6.07, 6.45) is 1.14. The fraction of sp³-hybridized carbons (Fsp3) is 0.294. The first-order valence-corrected chi connectivity index (χ1v) is 6.66. The molecule has 0 saturated heterocycles. The van der Waals surface area contributed by atoms with Crippen LogP contribution in [0, 0.1) is 6.92 Å². The second kappa shape index (κ2) is 4.61. The molecule has 2 heteroatoms. The third-order valence-corrected chi connectivity index (χ3v) is 3.92. The van der Waals surface area contributed by atoms with Crippen LogP contribution in [0.4, 0.5) is 0 Å². The Morgan fingerprint density at radius 1 is 0.947 bits per heavy atom. The number of ketones is 2. The van der Waals surface area contributed by atoms with E-state index in [0.717, 1.165) is 5.56 Å². The Balaban J connectivity index is 2.06. The van der Waals surface area contributed by atoms with Crippen LogP contribution in [0.2, 0.25) is 0 Å². The number of Topliss-reactive ketones (excluding diaryl/α,β-unsaturated/α-hetero) is 2. The number of carbonyl (C=O) groups excluding carboxylic acids is 2. The summed E-state index contributed by atoms with van der Waals surface area (Å²) in [4.78, 5) is 23.2. The molecule has 3 rings (SSSR count). The average Bonchev–Trinajstić information content (AvgIpc) is 2.36. The first-order valence-electron chi connectivity index (χ1n) is 6.66. The van der Waals surface area contributed by atoms with Crippen molar-refractivity contribution in [1.82, 2.24) is 0 Å². The molecule has 19 heavy (non-hydrogen) atoms. The van der Waals surface area contributed by atoms with Gasteiger partial charge in [0.2, 0.25) is 0 Å². The quantitative estimate of drug-likeness (QED) is 0.727. The fourth-order valence-electron chi connectivity index (χ4n) is 3.02. The zero-order chi connectivity index (χ0) is 13.4. The molecule has 0 aliphatic heterocycles. The van der Waals surface area contributed by atoms with Crippen molar-refractivity contribution in [1.29, 1.82) is 0 Å². The van der Waals surface area contributed by atoms with Crippen molar-refractivity contribution < 1.29 is 9.59 Å². The summed E-state index contributed by atoms with van der Waals surface area (Å²) in [5.41, 5.74) is 2.33. The lowest BCUT2D eigenvalue weighted by Gasteiger charge is -2.22. The zero-order valence-electron chi connectivity index (χ0n) is 11.0. The first-order chi connectivity index (χ1) is 9.13. The van der Waals surface area contributed by atoms with Gasteiger partial charge in [0.15, 0.2) is 0 Å². The number of fused-ring (bicyclic) bond motifs is 1. The van der Waals surface area contributed by atoms with E-state index in [1.54, 1.807) is 0 Å². The molecule has 2 aromatic rings. The summed E-state index contributed by atoms with van der Waals surface area (Å²) in [6.45, 7) is 2.06. The van der Waals surface area contributed by atoms with Gasteiger partial charge in [0, 0.05) is 12.8 Å². The Labute approximate surface area is 112 Å². The number of benzene rings is 2. The Kier molecular flexibility index (Phi) is 2.94. The largest absolute Gasteiger partial charge is 0.299 e. The van der Waals surface area contributed by atoms with E-state index in [0.29, 0.717) is 12.8 Å². The lowest BCUT2D eigenvalue weighted by molar-refractivity contribution is -0.130. The fourth-order valence-corrected chi connectivity index (χ4v) is 3.02. The van der Waals surface area contributed by atoms with Crippen LogP contribution >= 0.6 is 0 Å². The van der Waals surface area contributed by atoms with Crippen LogP contribution in [-0.4, -0.2) is 11.6 Å². The number of aryl methyl sites for hydroxylation is 1. The maximum Gasteiger partial charge on any atom is 0.140 e. The number of hydrogen-bond donors (Lipinski definition) is 0.